The maximum Gasteiger partial charge on any atom is 0.0547 e. The molecule has 2 aromatic heterocycles. The van der Waals surface area contributed by atoms with E-state index in [1.807, 2.05) is 11.3 Å². The van der Waals surface area contributed by atoms with Crippen LogP contribution in [0.3, 0.4) is 0 Å². The van der Waals surface area contributed by atoms with Gasteiger partial charge in [-0.05, 0) is 106 Å². The van der Waals surface area contributed by atoms with E-state index >= 15 is 0 Å². The molecule has 12 rings (SSSR count). The summed E-state index contributed by atoms with van der Waals surface area (Å²) in [5.74, 6) is 0. The van der Waals surface area contributed by atoms with Crippen LogP contribution >= 0.6 is 11.3 Å². The van der Waals surface area contributed by atoms with Crippen molar-refractivity contribution in [3.8, 4) is 39.1 Å². The van der Waals surface area contributed by atoms with Crippen LogP contribution in [0.15, 0.2) is 206 Å². The zero-order chi connectivity index (χ0) is 40.0. The van der Waals surface area contributed by atoms with Crippen molar-refractivity contribution in [1.29, 1.82) is 0 Å². The minimum absolute atomic E-state index is 0.107. The highest BCUT2D eigenvalue weighted by Gasteiger charge is 2.37. The Morgan fingerprint density at radius 3 is 1.85 bits per heavy atom. The third-order valence-electron chi connectivity index (χ3n) is 12.8. The standard InChI is InChI=1S/C57H40N2S/c1-57(2)48-20-9-6-17-46(48)56-49(57)21-13-24-52(56)58(41-31-26-37(27-32-41)39-30-35-45-44-16-8-11-25-53(44)60-54(45)36-39)42-33-28-38(29-34-42)43-19-12-23-51-55(43)47-18-7-10-22-50(47)59(51)40-14-4-3-5-15-40/h3-36H,1-2H3. The van der Waals surface area contributed by atoms with Crippen LogP contribution in [0.1, 0.15) is 25.0 Å². The molecule has 0 bridgehead atoms. The molecule has 60 heavy (non-hydrogen) atoms. The fourth-order valence-corrected chi connectivity index (χ4v) is 11.1. The number of hydrogen-bond donors (Lipinski definition) is 0. The second kappa shape index (κ2) is 13.4. The Hall–Kier alpha value is -7.20. The van der Waals surface area contributed by atoms with Gasteiger partial charge in [0, 0.05) is 59.0 Å². The van der Waals surface area contributed by atoms with Crippen molar-refractivity contribution < 1.29 is 0 Å². The molecule has 2 heterocycles. The van der Waals surface area contributed by atoms with Crippen LogP contribution in [-0.2, 0) is 5.41 Å². The second-order valence-corrected chi connectivity index (χ2v) is 17.6. The van der Waals surface area contributed by atoms with E-state index in [-0.39, 0.29) is 5.41 Å². The number of rotatable bonds is 6. The quantitative estimate of drug-likeness (QED) is 0.163. The van der Waals surface area contributed by atoms with Crippen LogP contribution in [0.2, 0.25) is 0 Å². The number of benzene rings is 9. The fourth-order valence-electron chi connectivity index (χ4n) is 9.96. The first-order valence-corrected chi connectivity index (χ1v) is 21.6. The van der Waals surface area contributed by atoms with Crippen molar-refractivity contribution in [2.24, 2.45) is 0 Å². The fraction of sp³-hybridized carbons (Fsp3) is 0.0526. The van der Waals surface area contributed by atoms with Gasteiger partial charge >= 0.3 is 0 Å². The third kappa shape index (κ3) is 5.26. The Bertz CT molecular complexity index is 3440. The van der Waals surface area contributed by atoms with Crippen molar-refractivity contribution in [3.63, 3.8) is 0 Å². The van der Waals surface area contributed by atoms with Crippen molar-refractivity contribution in [2.75, 3.05) is 4.90 Å². The van der Waals surface area contributed by atoms with E-state index in [9.17, 15) is 0 Å². The summed E-state index contributed by atoms with van der Waals surface area (Å²) in [5, 5.41) is 5.18. The summed E-state index contributed by atoms with van der Waals surface area (Å²) in [4.78, 5) is 2.46. The van der Waals surface area contributed by atoms with Crippen LogP contribution in [-0.4, -0.2) is 4.57 Å². The molecule has 0 aliphatic heterocycles. The molecule has 0 unspecified atom stereocenters. The van der Waals surface area contributed by atoms with Gasteiger partial charge in [0.2, 0.25) is 0 Å². The number of thiophene rings is 1. The number of nitrogens with zero attached hydrogens (tertiary/aromatic N) is 2. The Balaban J connectivity index is 1.00. The van der Waals surface area contributed by atoms with Crippen LogP contribution < -0.4 is 4.90 Å². The van der Waals surface area contributed by atoms with E-state index in [0.717, 1.165) is 11.4 Å². The molecule has 0 spiro atoms. The van der Waals surface area contributed by atoms with Crippen molar-refractivity contribution in [1.82, 2.24) is 4.57 Å². The lowest BCUT2D eigenvalue weighted by Gasteiger charge is -2.29. The topological polar surface area (TPSA) is 8.17 Å². The van der Waals surface area contributed by atoms with Gasteiger partial charge in [-0.3, -0.25) is 0 Å². The molecule has 2 nitrogen and oxygen atoms in total. The molecule has 0 atom stereocenters. The first kappa shape index (κ1) is 34.8. The maximum atomic E-state index is 2.46. The van der Waals surface area contributed by atoms with E-state index in [1.165, 1.54) is 97.9 Å². The van der Waals surface area contributed by atoms with Gasteiger partial charge in [-0.15, -0.1) is 11.3 Å². The van der Waals surface area contributed by atoms with Crippen LogP contribution in [0.25, 0.3) is 81.0 Å². The largest absolute Gasteiger partial charge is 0.310 e. The van der Waals surface area contributed by atoms with E-state index in [4.69, 9.17) is 0 Å². The predicted molar refractivity (Wildman–Crippen MR) is 257 cm³/mol. The van der Waals surface area contributed by atoms with E-state index in [2.05, 4.69) is 230 Å². The summed E-state index contributed by atoms with van der Waals surface area (Å²) in [6.45, 7) is 4.72. The SMILES string of the molecule is CC1(C)c2ccccc2-c2c(N(c3ccc(-c4ccc5c(c4)sc4ccccc45)cc3)c3ccc(-c4cccc5c4c4ccccc4n5-c4ccccc4)cc3)cccc21. The highest BCUT2D eigenvalue weighted by Crippen LogP contribution is 2.54. The average molecular weight is 785 g/mol. The van der Waals surface area contributed by atoms with Gasteiger partial charge in [-0.25, -0.2) is 0 Å². The molecule has 0 radical (unpaired) electrons. The lowest BCUT2D eigenvalue weighted by Crippen LogP contribution is -2.16. The summed E-state index contributed by atoms with van der Waals surface area (Å²) in [6, 6.07) is 76.0. The maximum absolute atomic E-state index is 2.46. The monoisotopic (exact) mass is 784 g/mol. The lowest BCUT2D eigenvalue weighted by molar-refractivity contribution is 0.660. The second-order valence-electron chi connectivity index (χ2n) is 16.5. The summed E-state index contributed by atoms with van der Waals surface area (Å²) >= 11 is 1.87. The molecule has 11 aromatic rings. The van der Waals surface area contributed by atoms with E-state index in [1.54, 1.807) is 0 Å². The Morgan fingerprint density at radius 2 is 1.03 bits per heavy atom. The zero-order valence-corrected chi connectivity index (χ0v) is 34.2. The van der Waals surface area contributed by atoms with Gasteiger partial charge in [0.1, 0.15) is 0 Å². The summed E-state index contributed by atoms with van der Waals surface area (Å²) in [6.07, 6.45) is 0. The molecule has 9 aromatic carbocycles. The van der Waals surface area contributed by atoms with E-state index in [0.29, 0.717) is 0 Å². The number of anilines is 3. The molecular formula is C57H40N2S. The van der Waals surface area contributed by atoms with Gasteiger partial charge in [-0.2, -0.15) is 0 Å². The smallest absolute Gasteiger partial charge is 0.0547 e. The van der Waals surface area contributed by atoms with Crippen molar-refractivity contribution in [2.45, 2.75) is 19.3 Å². The van der Waals surface area contributed by atoms with Crippen LogP contribution in [0.4, 0.5) is 17.1 Å². The molecule has 1 aliphatic carbocycles. The summed E-state index contributed by atoms with van der Waals surface area (Å²) in [7, 11) is 0. The number of fused-ring (bicyclic) bond motifs is 9. The first-order chi connectivity index (χ1) is 29.5. The summed E-state index contributed by atoms with van der Waals surface area (Å²) < 4.78 is 5.04. The summed E-state index contributed by atoms with van der Waals surface area (Å²) in [5.41, 5.74) is 17.1. The van der Waals surface area contributed by atoms with Gasteiger partial charge < -0.3 is 9.47 Å². The number of hydrogen-bond acceptors (Lipinski definition) is 2. The highest BCUT2D eigenvalue weighted by atomic mass is 32.1. The third-order valence-corrected chi connectivity index (χ3v) is 13.9. The molecule has 0 saturated heterocycles. The number of para-hydroxylation sites is 2. The van der Waals surface area contributed by atoms with Crippen LogP contribution in [0, 0.1) is 0 Å². The first-order valence-electron chi connectivity index (χ1n) is 20.8. The Morgan fingerprint density at radius 1 is 0.433 bits per heavy atom. The minimum atomic E-state index is -0.107. The Labute approximate surface area is 353 Å². The molecule has 0 N–H and O–H groups in total. The molecule has 0 amide bonds. The van der Waals surface area contributed by atoms with Crippen LogP contribution in [0.5, 0.6) is 0 Å². The predicted octanol–water partition coefficient (Wildman–Crippen LogP) is 16.3. The molecule has 3 heteroatoms. The highest BCUT2D eigenvalue weighted by molar-refractivity contribution is 7.25. The van der Waals surface area contributed by atoms with Crippen molar-refractivity contribution >= 4 is 70.4 Å². The lowest BCUT2D eigenvalue weighted by atomic mass is 9.82. The molecule has 1 aliphatic rings. The van der Waals surface area contributed by atoms with E-state index < -0.39 is 0 Å². The average Bonchev–Trinajstić information content (AvgIpc) is 3.93. The van der Waals surface area contributed by atoms with Gasteiger partial charge in [0.05, 0.1) is 16.7 Å². The van der Waals surface area contributed by atoms with Gasteiger partial charge in [-0.1, -0.05) is 153 Å². The molecular weight excluding hydrogens is 745 g/mol. The normalized spacial score (nSPS) is 13.0. The van der Waals surface area contributed by atoms with Gasteiger partial charge in [0.15, 0.2) is 0 Å². The number of aromatic nitrogens is 1. The molecule has 0 fully saturated rings. The Kier molecular flexibility index (Phi) is 7.79. The zero-order valence-electron chi connectivity index (χ0n) is 33.4. The molecule has 0 saturated carbocycles. The minimum Gasteiger partial charge on any atom is -0.310 e. The molecule has 284 valence electrons. The van der Waals surface area contributed by atoms with Gasteiger partial charge in [0.25, 0.3) is 0 Å². The van der Waals surface area contributed by atoms with Crippen molar-refractivity contribution in [3.05, 3.63) is 217 Å².